The van der Waals surface area contributed by atoms with Gasteiger partial charge in [0.2, 0.25) is 0 Å². The lowest BCUT2D eigenvalue weighted by Gasteiger charge is -2.39. The number of carbonyl (C=O) groups excluding carboxylic acids is 1. The molecule has 1 fully saturated rings. The Morgan fingerprint density at radius 3 is 2.55 bits per heavy atom. The Hall–Kier alpha value is -3.29. The number of benzene rings is 2. The van der Waals surface area contributed by atoms with Gasteiger partial charge >= 0.3 is 0 Å². The summed E-state index contributed by atoms with van der Waals surface area (Å²) in [6, 6.07) is 14.5. The molecule has 3 aromatic rings. The third-order valence-corrected chi connectivity index (χ3v) is 6.84. The highest BCUT2D eigenvalue weighted by Gasteiger charge is 2.43. The molecule has 7 nitrogen and oxygen atoms in total. The number of amides is 1. The number of rotatable bonds is 5. The third kappa shape index (κ3) is 4.10. The summed E-state index contributed by atoms with van der Waals surface area (Å²) in [7, 11) is 3.52. The molecule has 2 aliphatic heterocycles. The van der Waals surface area contributed by atoms with Crippen LogP contribution in [-0.2, 0) is 6.54 Å². The number of nitrogens with zero attached hydrogens (tertiary/aromatic N) is 4. The second-order valence-corrected chi connectivity index (χ2v) is 9.13. The van der Waals surface area contributed by atoms with Crippen molar-refractivity contribution in [1.29, 1.82) is 0 Å². The van der Waals surface area contributed by atoms with Gasteiger partial charge in [-0.3, -0.25) is 9.69 Å². The average Bonchev–Trinajstić information content (AvgIpc) is 3.27. The highest BCUT2D eigenvalue weighted by Crippen LogP contribution is 2.47. The van der Waals surface area contributed by atoms with Crippen LogP contribution in [0.3, 0.4) is 0 Å². The molecule has 33 heavy (non-hydrogen) atoms. The van der Waals surface area contributed by atoms with E-state index in [4.69, 9.17) is 0 Å². The van der Waals surface area contributed by atoms with Crippen LogP contribution in [0.5, 0.6) is 0 Å². The SMILES string of the molecule is CN(C)C(=O)c1ccc(-c2ccc3c(c2)[C@@H]2[C@@H](CCN2Cc2cncnc2)[C@@H](CO)N3)cc1. The van der Waals surface area contributed by atoms with Gasteiger partial charge in [-0.15, -0.1) is 0 Å². The quantitative estimate of drug-likeness (QED) is 0.630. The number of hydrogen-bond donors (Lipinski definition) is 2. The Morgan fingerprint density at radius 2 is 1.85 bits per heavy atom. The largest absolute Gasteiger partial charge is 0.394 e. The van der Waals surface area contributed by atoms with E-state index in [0.717, 1.165) is 41.9 Å². The zero-order chi connectivity index (χ0) is 22.9. The zero-order valence-electron chi connectivity index (χ0n) is 19.0. The summed E-state index contributed by atoms with van der Waals surface area (Å²) in [4.78, 5) is 24.7. The molecule has 1 amide bonds. The van der Waals surface area contributed by atoms with E-state index in [-0.39, 0.29) is 24.6 Å². The molecular formula is C26H29N5O2. The topological polar surface area (TPSA) is 81.6 Å². The highest BCUT2D eigenvalue weighted by molar-refractivity contribution is 5.94. The fourth-order valence-electron chi connectivity index (χ4n) is 5.22. The van der Waals surface area contributed by atoms with Gasteiger partial charge in [0.05, 0.1) is 12.6 Å². The fourth-order valence-corrected chi connectivity index (χ4v) is 5.22. The molecule has 2 aromatic carbocycles. The summed E-state index contributed by atoms with van der Waals surface area (Å²) in [5.74, 6) is 0.336. The summed E-state index contributed by atoms with van der Waals surface area (Å²) in [5.41, 5.74) is 6.31. The van der Waals surface area contributed by atoms with Crippen LogP contribution in [0.2, 0.25) is 0 Å². The number of anilines is 1. The second-order valence-electron chi connectivity index (χ2n) is 9.13. The average molecular weight is 444 g/mol. The van der Waals surface area contributed by atoms with Gasteiger partial charge in [-0.05, 0) is 53.9 Å². The molecule has 5 rings (SSSR count). The first-order chi connectivity index (χ1) is 16.0. The molecule has 1 saturated heterocycles. The maximum Gasteiger partial charge on any atom is 0.253 e. The standard InChI is InChI=1S/C26H29N5O2/c1-30(2)26(33)19-5-3-18(4-6-19)20-7-8-23-22(11-20)25-21(24(15-32)29-23)9-10-31(25)14-17-12-27-16-28-13-17/h3-8,11-13,16,21,24-25,29,32H,9-10,14-15H2,1-2H3/t21-,24+,25-/m0/s1. The van der Waals surface area contributed by atoms with Gasteiger partial charge in [-0.2, -0.15) is 0 Å². The van der Waals surface area contributed by atoms with E-state index in [1.54, 1.807) is 25.3 Å². The minimum atomic E-state index is 0.000525. The number of fused-ring (bicyclic) bond motifs is 3. The van der Waals surface area contributed by atoms with Crippen molar-refractivity contribution in [2.75, 3.05) is 32.6 Å². The molecule has 0 saturated carbocycles. The number of aliphatic hydroxyl groups excluding tert-OH is 1. The predicted molar refractivity (Wildman–Crippen MR) is 128 cm³/mol. The van der Waals surface area contributed by atoms with Crippen LogP contribution in [-0.4, -0.2) is 64.1 Å². The molecule has 1 aromatic heterocycles. The number of likely N-dealkylation sites (tertiary alicyclic amines) is 1. The maximum absolute atomic E-state index is 12.2. The van der Waals surface area contributed by atoms with Crippen molar-refractivity contribution in [1.82, 2.24) is 19.8 Å². The van der Waals surface area contributed by atoms with Gasteiger partial charge in [0, 0.05) is 61.8 Å². The van der Waals surface area contributed by atoms with Gasteiger partial charge in [0.25, 0.3) is 5.91 Å². The summed E-state index contributed by atoms with van der Waals surface area (Å²) >= 11 is 0. The maximum atomic E-state index is 12.2. The fraction of sp³-hybridized carbons (Fsp3) is 0.346. The van der Waals surface area contributed by atoms with Crippen LogP contribution in [0.15, 0.2) is 61.2 Å². The van der Waals surface area contributed by atoms with Crippen molar-refractivity contribution in [3.8, 4) is 11.1 Å². The van der Waals surface area contributed by atoms with Crippen molar-refractivity contribution in [2.45, 2.75) is 25.0 Å². The monoisotopic (exact) mass is 443 g/mol. The van der Waals surface area contributed by atoms with Crippen molar-refractivity contribution >= 4 is 11.6 Å². The molecule has 0 unspecified atom stereocenters. The zero-order valence-corrected chi connectivity index (χ0v) is 19.0. The molecule has 7 heteroatoms. The van der Waals surface area contributed by atoms with Crippen molar-refractivity contribution in [2.24, 2.45) is 5.92 Å². The van der Waals surface area contributed by atoms with Gasteiger partial charge in [0.15, 0.2) is 0 Å². The molecule has 170 valence electrons. The summed E-state index contributed by atoms with van der Waals surface area (Å²) < 4.78 is 0. The summed E-state index contributed by atoms with van der Waals surface area (Å²) in [6.07, 6.45) is 6.33. The number of nitrogens with one attached hydrogen (secondary N) is 1. The first kappa shape index (κ1) is 21.6. The van der Waals surface area contributed by atoms with Crippen LogP contribution in [0.1, 0.15) is 33.9 Å². The third-order valence-electron chi connectivity index (χ3n) is 6.84. The van der Waals surface area contributed by atoms with E-state index in [9.17, 15) is 9.90 Å². The van der Waals surface area contributed by atoms with Crippen LogP contribution < -0.4 is 5.32 Å². The number of hydrogen-bond acceptors (Lipinski definition) is 6. The van der Waals surface area contributed by atoms with Gasteiger partial charge in [-0.25, -0.2) is 9.97 Å². The number of aliphatic hydroxyl groups is 1. The lowest BCUT2D eigenvalue weighted by Crippen LogP contribution is -2.41. The first-order valence-corrected chi connectivity index (χ1v) is 11.4. The molecule has 2 N–H and O–H groups in total. The van der Waals surface area contributed by atoms with Crippen molar-refractivity contribution in [3.05, 3.63) is 77.9 Å². The first-order valence-electron chi connectivity index (χ1n) is 11.4. The van der Waals surface area contributed by atoms with Crippen molar-refractivity contribution < 1.29 is 9.90 Å². The normalized spacial score (nSPS) is 21.7. The summed E-state index contributed by atoms with van der Waals surface area (Å²) in [6.45, 7) is 1.87. The Balaban J connectivity index is 1.48. The lowest BCUT2D eigenvalue weighted by atomic mass is 9.82. The second kappa shape index (κ2) is 8.92. The number of aromatic nitrogens is 2. The predicted octanol–water partition coefficient (Wildman–Crippen LogP) is 3.20. The van der Waals surface area contributed by atoms with Gasteiger partial charge in [-0.1, -0.05) is 18.2 Å². The minimum absolute atomic E-state index is 0.000525. The van der Waals surface area contributed by atoms with E-state index in [2.05, 4.69) is 38.4 Å². The van der Waals surface area contributed by atoms with E-state index >= 15 is 0 Å². The summed E-state index contributed by atoms with van der Waals surface area (Å²) in [5, 5.41) is 13.6. The molecule has 3 heterocycles. The van der Waals surface area contributed by atoms with Gasteiger partial charge in [0.1, 0.15) is 6.33 Å². The van der Waals surface area contributed by atoms with Crippen LogP contribution >= 0.6 is 0 Å². The highest BCUT2D eigenvalue weighted by atomic mass is 16.3. The number of carbonyl (C=O) groups is 1. The Labute approximate surface area is 194 Å². The Kier molecular flexibility index (Phi) is 5.83. The van der Waals surface area contributed by atoms with E-state index < -0.39 is 0 Å². The van der Waals surface area contributed by atoms with Crippen LogP contribution in [0.4, 0.5) is 5.69 Å². The molecule has 0 spiro atoms. The van der Waals surface area contributed by atoms with Crippen LogP contribution in [0.25, 0.3) is 11.1 Å². The molecule has 2 aliphatic rings. The molecule has 0 aliphatic carbocycles. The smallest absolute Gasteiger partial charge is 0.253 e. The van der Waals surface area contributed by atoms with E-state index in [0.29, 0.717) is 11.5 Å². The Morgan fingerprint density at radius 1 is 1.12 bits per heavy atom. The van der Waals surface area contributed by atoms with Gasteiger partial charge < -0.3 is 15.3 Å². The molecular weight excluding hydrogens is 414 g/mol. The van der Waals surface area contributed by atoms with Crippen LogP contribution in [0, 0.1) is 5.92 Å². The Bertz CT molecular complexity index is 1130. The lowest BCUT2D eigenvalue weighted by molar-refractivity contribution is 0.0827. The van der Waals surface area contributed by atoms with E-state index in [1.165, 1.54) is 5.56 Å². The van der Waals surface area contributed by atoms with E-state index in [1.807, 2.05) is 36.7 Å². The molecule has 0 bridgehead atoms. The molecule has 0 radical (unpaired) electrons. The van der Waals surface area contributed by atoms with Crippen molar-refractivity contribution in [3.63, 3.8) is 0 Å². The minimum Gasteiger partial charge on any atom is -0.394 e. The molecule has 3 atom stereocenters.